The monoisotopic (exact) mass is 502 g/mol. The van der Waals surface area contributed by atoms with Crippen molar-refractivity contribution in [2.75, 3.05) is 13.7 Å². The fraction of sp³-hybridized carbons (Fsp3) is 0.833. The van der Waals surface area contributed by atoms with Crippen LogP contribution >= 0.6 is 0 Å². The maximum atomic E-state index is 12.9. The normalized spacial score (nSPS) is 26.1. The molecule has 0 saturated carbocycles. The summed E-state index contributed by atoms with van der Waals surface area (Å²) in [6.45, 7) is 6.84. The van der Waals surface area contributed by atoms with Gasteiger partial charge in [0.2, 0.25) is 11.8 Å². The van der Waals surface area contributed by atoms with E-state index in [0.717, 1.165) is 12.8 Å². The molecule has 11 nitrogen and oxygen atoms in total. The molecule has 1 aliphatic rings. The summed E-state index contributed by atoms with van der Waals surface area (Å²) in [7, 11) is 1.28. The Labute approximate surface area is 206 Å². The molecule has 0 aromatic carbocycles. The average molecular weight is 503 g/mol. The van der Waals surface area contributed by atoms with E-state index >= 15 is 0 Å². The standard InChI is InChI=1S/C24H42N2O9/c1-6-7-8-19(30)26-20(13(2)3)16(28)11-15(14(4)27)9-10-18(29)25-12-17-21(31)22(32)23(33)24(34-5)35-17/h13,15,17,20-24,31-33H,6-12H2,1-5H3,(H,25,29)(H,26,30)/t15-,17-,20+,21-,22+,23-,24-/m1/s1. The molecule has 7 atom stereocenters. The minimum atomic E-state index is -1.50. The number of aliphatic hydroxyl groups is 3. The molecule has 1 rings (SSSR count). The van der Waals surface area contributed by atoms with Crippen LogP contribution in [0.5, 0.6) is 0 Å². The molecule has 0 spiro atoms. The molecule has 202 valence electrons. The molecule has 1 heterocycles. The molecule has 0 aromatic heterocycles. The van der Waals surface area contributed by atoms with Gasteiger partial charge in [-0.25, -0.2) is 0 Å². The lowest BCUT2D eigenvalue weighted by molar-refractivity contribution is -0.288. The lowest BCUT2D eigenvalue weighted by atomic mass is 9.88. The number of aliphatic hydroxyl groups excluding tert-OH is 3. The van der Waals surface area contributed by atoms with Gasteiger partial charge in [-0.2, -0.15) is 0 Å². The van der Waals surface area contributed by atoms with Crippen molar-refractivity contribution in [1.29, 1.82) is 0 Å². The third-order valence-electron chi connectivity index (χ3n) is 6.23. The Hall–Kier alpha value is -1.92. The summed E-state index contributed by atoms with van der Waals surface area (Å²) < 4.78 is 10.3. The Bertz CT molecular complexity index is 713. The van der Waals surface area contributed by atoms with E-state index in [0.29, 0.717) is 6.42 Å². The number of ether oxygens (including phenoxy) is 2. The Morgan fingerprint density at radius 1 is 1.00 bits per heavy atom. The van der Waals surface area contributed by atoms with E-state index in [9.17, 15) is 34.5 Å². The van der Waals surface area contributed by atoms with Crippen molar-refractivity contribution < 1.29 is 44.0 Å². The van der Waals surface area contributed by atoms with Gasteiger partial charge < -0.3 is 35.4 Å². The molecule has 1 fully saturated rings. The average Bonchev–Trinajstić information content (AvgIpc) is 2.81. The summed E-state index contributed by atoms with van der Waals surface area (Å²) in [6, 6.07) is -0.699. The van der Waals surface area contributed by atoms with E-state index in [4.69, 9.17) is 9.47 Å². The van der Waals surface area contributed by atoms with Crippen molar-refractivity contribution in [2.24, 2.45) is 11.8 Å². The summed E-state index contributed by atoms with van der Waals surface area (Å²) in [6.07, 6.45) is -4.58. The highest BCUT2D eigenvalue weighted by molar-refractivity contribution is 5.92. The number of nitrogens with one attached hydrogen (secondary N) is 2. The molecule has 5 N–H and O–H groups in total. The molecule has 0 aliphatic carbocycles. The molecule has 11 heteroatoms. The number of amides is 2. The summed E-state index contributed by atoms with van der Waals surface area (Å²) in [5.41, 5.74) is 0. The van der Waals surface area contributed by atoms with Gasteiger partial charge in [0.05, 0.1) is 6.04 Å². The van der Waals surface area contributed by atoms with Gasteiger partial charge in [0.1, 0.15) is 30.2 Å². The first-order valence-corrected chi connectivity index (χ1v) is 12.2. The highest BCUT2D eigenvalue weighted by Gasteiger charge is 2.43. The molecule has 0 aromatic rings. The number of carbonyl (C=O) groups excluding carboxylic acids is 4. The first-order chi connectivity index (χ1) is 16.4. The predicted molar refractivity (Wildman–Crippen MR) is 126 cm³/mol. The molecule has 35 heavy (non-hydrogen) atoms. The van der Waals surface area contributed by atoms with Crippen LogP contribution in [-0.2, 0) is 28.7 Å². The Balaban J connectivity index is 2.61. The van der Waals surface area contributed by atoms with Crippen molar-refractivity contribution in [2.45, 2.75) is 103 Å². The molecule has 2 amide bonds. The highest BCUT2D eigenvalue weighted by atomic mass is 16.7. The van der Waals surface area contributed by atoms with E-state index in [1.165, 1.54) is 14.0 Å². The smallest absolute Gasteiger partial charge is 0.220 e. The van der Waals surface area contributed by atoms with Crippen LogP contribution in [0.3, 0.4) is 0 Å². The second-order valence-electron chi connectivity index (χ2n) is 9.46. The van der Waals surface area contributed by atoms with Gasteiger partial charge in [-0.05, 0) is 25.7 Å². The van der Waals surface area contributed by atoms with E-state index < -0.39 is 48.6 Å². The van der Waals surface area contributed by atoms with Crippen LogP contribution in [0.15, 0.2) is 0 Å². The number of hydrogen-bond donors (Lipinski definition) is 5. The van der Waals surface area contributed by atoms with Crippen LogP contribution < -0.4 is 10.6 Å². The fourth-order valence-electron chi connectivity index (χ4n) is 3.91. The second-order valence-corrected chi connectivity index (χ2v) is 9.46. The number of unbranched alkanes of at least 4 members (excludes halogenated alkanes) is 1. The van der Waals surface area contributed by atoms with Crippen molar-refractivity contribution in [3.8, 4) is 0 Å². The number of carbonyl (C=O) groups is 4. The molecule has 1 aliphatic heterocycles. The molecule has 1 saturated heterocycles. The number of methoxy groups -OCH3 is 1. The zero-order valence-electron chi connectivity index (χ0n) is 21.4. The predicted octanol–water partition coefficient (Wildman–Crippen LogP) is -0.168. The van der Waals surface area contributed by atoms with Crippen molar-refractivity contribution in [1.82, 2.24) is 10.6 Å². The molecule has 0 bridgehead atoms. The van der Waals surface area contributed by atoms with Crippen molar-refractivity contribution in [3.63, 3.8) is 0 Å². The first kappa shape index (κ1) is 31.1. The molecular formula is C24H42N2O9. The minimum absolute atomic E-state index is 0.0472. The van der Waals surface area contributed by atoms with Crippen LogP contribution in [0.2, 0.25) is 0 Å². The third kappa shape index (κ3) is 9.92. The zero-order valence-corrected chi connectivity index (χ0v) is 21.4. The van der Waals surface area contributed by atoms with Gasteiger partial charge in [-0.3, -0.25) is 19.2 Å². The largest absolute Gasteiger partial charge is 0.388 e. The summed E-state index contributed by atoms with van der Waals surface area (Å²) in [4.78, 5) is 49.5. The third-order valence-corrected chi connectivity index (χ3v) is 6.23. The summed E-state index contributed by atoms with van der Waals surface area (Å²) >= 11 is 0. The zero-order chi connectivity index (χ0) is 26.7. The molecule has 0 unspecified atom stereocenters. The number of hydrogen-bond acceptors (Lipinski definition) is 9. The van der Waals surface area contributed by atoms with Gasteiger partial charge in [0, 0.05) is 38.8 Å². The Morgan fingerprint density at radius 2 is 1.66 bits per heavy atom. The lowest BCUT2D eigenvalue weighted by Gasteiger charge is -2.39. The number of Topliss-reactive ketones (excluding diaryl/α,β-unsaturated/α-hetero) is 2. The summed E-state index contributed by atoms with van der Waals surface area (Å²) in [5, 5.41) is 35.1. The quantitative estimate of drug-likeness (QED) is 0.204. The van der Waals surface area contributed by atoms with E-state index in [-0.39, 0.29) is 49.2 Å². The Morgan fingerprint density at radius 3 is 2.20 bits per heavy atom. The number of ketones is 2. The van der Waals surface area contributed by atoms with E-state index in [1.807, 2.05) is 20.8 Å². The van der Waals surface area contributed by atoms with Gasteiger partial charge in [0.25, 0.3) is 0 Å². The van der Waals surface area contributed by atoms with Crippen LogP contribution in [0.25, 0.3) is 0 Å². The van der Waals surface area contributed by atoms with E-state index in [2.05, 4.69) is 10.6 Å². The van der Waals surface area contributed by atoms with Gasteiger partial charge in [0.15, 0.2) is 12.1 Å². The van der Waals surface area contributed by atoms with Gasteiger partial charge in [-0.1, -0.05) is 27.2 Å². The maximum absolute atomic E-state index is 12.9. The topological polar surface area (TPSA) is 171 Å². The van der Waals surface area contributed by atoms with Crippen LogP contribution in [0, 0.1) is 11.8 Å². The van der Waals surface area contributed by atoms with Crippen LogP contribution in [0.1, 0.15) is 66.2 Å². The number of rotatable bonds is 15. The SMILES string of the molecule is CCCCC(=O)N[C@H](C(=O)C[C@@H](CCC(=O)NC[C@H]1O[C@@H](OC)[C@H](O)[C@@H](O)[C@@H]1O)C(C)=O)C(C)C. The van der Waals surface area contributed by atoms with Crippen molar-refractivity contribution >= 4 is 23.4 Å². The van der Waals surface area contributed by atoms with Gasteiger partial charge >= 0.3 is 0 Å². The van der Waals surface area contributed by atoms with Gasteiger partial charge in [-0.15, -0.1) is 0 Å². The Kier molecular flexibility index (Phi) is 13.6. The van der Waals surface area contributed by atoms with E-state index in [1.54, 1.807) is 0 Å². The fourth-order valence-corrected chi connectivity index (χ4v) is 3.91. The minimum Gasteiger partial charge on any atom is -0.388 e. The highest BCUT2D eigenvalue weighted by Crippen LogP contribution is 2.22. The molecule has 0 radical (unpaired) electrons. The lowest BCUT2D eigenvalue weighted by Crippen LogP contribution is -2.60. The maximum Gasteiger partial charge on any atom is 0.220 e. The van der Waals surface area contributed by atoms with Crippen LogP contribution in [-0.4, -0.2) is 89.1 Å². The first-order valence-electron chi connectivity index (χ1n) is 12.2. The van der Waals surface area contributed by atoms with Crippen molar-refractivity contribution in [3.05, 3.63) is 0 Å². The summed E-state index contributed by atoms with van der Waals surface area (Å²) in [5.74, 6) is -1.91. The van der Waals surface area contributed by atoms with Crippen LogP contribution in [0.4, 0.5) is 0 Å². The molecular weight excluding hydrogens is 460 g/mol. The second kappa shape index (κ2) is 15.2.